The zero-order valence-corrected chi connectivity index (χ0v) is 14.3. The van der Waals surface area contributed by atoms with Crippen molar-refractivity contribution >= 4 is 28.6 Å². The molecule has 0 aliphatic carbocycles. The Kier molecular flexibility index (Phi) is 3.74. The van der Waals surface area contributed by atoms with Gasteiger partial charge >= 0.3 is 0 Å². The van der Waals surface area contributed by atoms with Crippen molar-refractivity contribution in [1.82, 2.24) is 20.1 Å². The quantitative estimate of drug-likeness (QED) is 0.784. The number of rotatable bonds is 3. The van der Waals surface area contributed by atoms with Crippen molar-refractivity contribution in [2.45, 2.75) is 25.8 Å². The van der Waals surface area contributed by atoms with E-state index in [2.05, 4.69) is 34.2 Å². The first-order valence-corrected chi connectivity index (χ1v) is 9.24. The van der Waals surface area contributed by atoms with Gasteiger partial charge in [-0.3, -0.25) is 9.89 Å². The van der Waals surface area contributed by atoms with E-state index in [9.17, 15) is 4.79 Å². The number of H-pyrrole nitrogens is 1. The van der Waals surface area contributed by atoms with Crippen molar-refractivity contribution in [2.24, 2.45) is 0 Å². The molecule has 1 saturated heterocycles. The molecule has 5 nitrogen and oxygen atoms in total. The molecule has 1 N–H and O–H groups in total. The number of hydrogen-bond acceptors (Lipinski definition) is 5. The van der Waals surface area contributed by atoms with Crippen molar-refractivity contribution in [3.05, 3.63) is 45.4 Å². The predicted octanol–water partition coefficient (Wildman–Crippen LogP) is 3.88. The standard InChI is InChI=1S/C16H16N4OS2/c1-10-4-5-14(23-10)11-9-12(19-18-11)16(21)20-7-2-3-13(20)15-17-6-8-22-15/h4-6,8-9,13H,2-3,7H2,1H3,(H,18,19)/t13-/m0/s1. The first-order valence-electron chi connectivity index (χ1n) is 7.55. The molecule has 0 saturated carbocycles. The summed E-state index contributed by atoms with van der Waals surface area (Å²) in [5, 5.41) is 10.2. The smallest absolute Gasteiger partial charge is 0.274 e. The van der Waals surface area contributed by atoms with Crippen molar-refractivity contribution in [1.29, 1.82) is 0 Å². The van der Waals surface area contributed by atoms with Gasteiger partial charge in [-0.05, 0) is 38.0 Å². The van der Waals surface area contributed by atoms with E-state index in [0.29, 0.717) is 5.69 Å². The van der Waals surface area contributed by atoms with Crippen molar-refractivity contribution in [3.63, 3.8) is 0 Å². The summed E-state index contributed by atoms with van der Waals surface area (Å²) in [7, 11) is 0. The van der Waals surface area contributed by atoms with Crippen LogP contribution in [0.5, 0.6) is 0 Å². The van der Waals surface area contributed by atoms with Crippen LogP contribution in [0.4, 0.5) is 0 Å². The minimum atomic E-state index is -0.0153. The largest absolute Gasteiger partial charge is 0.328 e. The van der Waals surface area contributed by atoms with E-state index in [1.807, 2.05) is 16.3 Å². The van der Waals surface area contributed by atoms with E-state index in [-0.39, 0.29) is 11.9 Å². The van der Waals surface area contributed by atoms with E-state index >= 15 is 0 Å². The number of nitrogens with zero attached hydrogens (tertiary/aromatic N) is 3. The van der Waals surface area contributed by atoms with Gasteiger partial charge in [-0.25, -0.2) is 4.98 Å². The molecule has 1 aliphatic rings. The summed E-state index contributed by atoms with van der Waals surface area (Å²) in [6, 6.07) is 6.06. The molecule has 1 fully saturated rings. The Hall–Kier alpha value is -1.99. The summed E-state index contributed by atoms with van der Waals surface area (Å²) >= 11 is 3.30. The number of carbonyl (C=O) groups is 1. The minimum Gasteiger partial charge on any atom is -0.328 e. The first-order chi connectivity index (χ1) is 11.2. The van der Waals surface area contributed by atoms with Crippen LogP contribution in [0.15, 0.2) is 29.8 Å². The number of aromatic amines is 1. The lowest BCUT2D eigenvalue weighted by Gasteiger charge is -2.21. The molecule has 1 aliphatic heterocycles. The third-order valence-electron chi connectivity index (χ3n) is 4.05. The third-order valence-corrected chi connectivity index (χ3v) is 5.96. The Balaban J connectivity index is 1.58. The second-order valence-electron chi connectivity index (χ2n) is 5.60. The molecular formula is C16H16N4OS2. The number of aryl methyl sites for hydroxylation is 1. The number of likely N-dealkylation sites (tertiary alicyclic amines) is 1. The monoisotopic (exact) mass is 344 g/mol. The summed E-state index contributed by atoms with van der Waals surface area (Å²) < 4.78 is 0. The van der Waals surface area contributed by atoms with E-state index < -0.39 is 0 Å². The number of carbonyl (C=O) groups excluding carboxylic acids is 1. The third kappa shape index (κ3) is 2.70. The summed E-state index contributed by atoms with van der Waals surface area (Å²) in [6.45, 7) is 2.84. The predicted molar refractivity (Wildman–Crippen MR) is 91.8 cm³/mol. The van der Waals surface area contributed by atoms with Gasteiger partial charge in [0.1, 0.15) is 5.01 Å². The normalized spacial score (nSPS) is 17.8. The maximum atomic E-state index is 12.8. The molecule has 4 rings (SSSR count). The maximum Gasteiger partial charge on any atom is 0.274 e. The molecule has 1 atom stereocenters. The highest BCUT2D eigenvalue weighted by Crippen LogP contribution is 2.34. The minimum absolute atomic E-state index is 0.0153. The summed E-state index contributed by atoms with van der Waals surface area (Å²) in [4.78, 5) is 21.5. The van der Waals surface area contributed by atoms with Crippen LogP contribution >= 0.6 is 22.7 Å². The topological polar surface area (TPSA) is 61.9 Å². The SMILES string of the molecule is Cc1ccc(-c2cc(C(=O)N3CCC[C@H]3c3nccs3)n[nH]2)s1. The lowest BCUT2D eigenvalue weighted by molar-refractivity contribution is 0.0729. The Morgan fingerprint density at radius 1 is 1.43 bits per heavy atom. The van der Waals surface area contributed by atoms with Crippen LogP contribution < -0.4 is 0 Å². The molecule has 7 heteroatoms. The number of thiophene rings is 1. The van der Waals surface area contributed by atoms with Gasteiger partial charge in [0.05, 0.1) is 16.6 Å². The van der Waals surface area contributed by atoms with Crippen LogP contribution in [0, 0.1) is 6.92 Å². The van der Waals surface area contributed by atoms with Crippen LogP contribution in [0.1, 0.15) is 39.3 Å². The average Bonchev–Trinajstić information content (AvgIpc) is 3.31. The van der Waals surface area contributed by atoms with Crippen LogP contribution in [0.2, 0.25) is 0 Å². The summed E-state index contributed by atoms with van der Waals surface area (Å²) in [5.74, 6) is -0.0153. The number of thiazole rings is 1. The maximum absolute atomic E-state index is 12.8. The van der Waals surface area contributed by atoms with Crippen molar-refractivity contribution in [2.75, 3.05) is 6.54 Å². The summed E-state index contributed by atoms with van der Waals surface area (Å²) in [5.41, 5.74) is 1.38. The van der Waals surface area contributed by atoms with Gasteiger partial charge in [-0.1, -0.05) is 0 Å². The Morgan fingerprint density at radius 3 is 3.09 bits per heavy atom. The second kappa shape index (κ2) is 5.90. The first kappa shape index (κ1) is 14.6. The molecule has 0 spiro atoms. The molecule has 0 bridgehead atoms. The second-order valence-corrected chi connectivity index (χ2v) is 7.82. The Morgan fingerprint density at radius 2 is 2.35 bits per heavy atom. The summed E-state index contributed by atoms with van der Waals surface area (Å²) in [6.07, 6.45) is 3.78. The fourth-order valence-electron chi connectivity index (χ4n) is 2.95. The Bertz CT molecular complexity index is 821. The van der Waals surface area contributed by atoms with Gasteiger partial charge < -0.3 is 4.90 Å². The zero-order chi connectivity index (χ0) is 15.8. The molecule has 3 aromatic heterocycles. The molecule has 23 heavy (non-hydrogen) atoms. The van der Waals surface area contributed by atoms with Crippen LogP contribution in [-0.4, -0.2) is 32.5 Å². The molecule has 1 amide bonds. The fourth-order valence-corrected chi connectivity index (χ4v) is 4.57. The highest BCUT2D eigenvalue weighted by atomic mass is 32.1. The van der Waals surface area contributed by atoms with Crippen molar-refractivity contribution < 1.29 is 4.79 Å². The number of aromatic nitrogens is 3. The lowest BCUT2D eigenvalue weighted by atomic mass is 10.2. The van der Waals surface area contributed by atoms with Crippen LogP contribution in [0.25, 0.3) is 10.6 Å². The molecule has 0 aromatic carbocycles. The van der Waals surface area contributed by atoms with Gasteiger partial charge in [-0.2, -0.15) is 5.10 Å². The van der Waals surface area contributed by atoms with E-state index in [1.165, 1.54) is 4.88 Å². The number of nitrogens with one attached hydrogen (secondary N) is 1. The molecule has 0 radical (unpaired) electrons. The highest BCUT2D eigenvalue weighted by Gasteiger charge is 2.33. The van der Waals surface area contributed by atoms with E-state index in [1.54, 1.807) is 28.9 Å². The van der Waals surface area contributed by atoms with Gasteiger partial charge in [0.25, 0.3) is 5.91 Å². The van der Waals surface area contributed by atoms with Crippen molar-refractivity contribution in [3.8, 4) is 10.6 Å². The van der Waals surface area contributed by atoms with E-state index in [4.69, 9.17) is 0 Å². The van der Waals surface area contributed by atoms with Gasteiger partial charge in [0, 0.05) is 23.0 Å². The molecule has 3 aromatic rings. The lowest BCUT2D eigenvalue weighted by Crippen LogP contribution is -2.30. The van der Waals surface area contributed by atoms with E-state index in [0.717, 1.165) is 35.0 Å². The molecular weight excluding hydrogens is 328 g/mol. The zero-order valence-electron chi connectivity index (χ0n) is 12.7. The molecule has 0 unspecified atom stereocenters. The average molecular weight is 344 g/mol. The molecule has 4 heterocycles. The van der Waals surface area contributed by atoms with Crippen LogP contribution in [-0.2, 0) is 0 Å². The van der Waals surface area contributed by atoms with Crippen LogP contribution in [0.3, 0.4) is 0 Å². The fraction of sp³-hybridized carbons (Fsp3) is 0.312. The number of hydrogen-bond donors (Lipinski definition) is 1. The van der Waals surface area contributed by atoms with Gasteiger partial charge in [0.2, 0.25) is 0 Å². The van der Waals surface area contributed by atoms with Gasteiger partial charge in [-0.15, -0.1) is 22.7 Å². The molecule has 118 valence electrons. The number of amides is 1. The highest BCUT2D eigenvalue weighted by molar-refractivity contribution is 7.15. The van der Waals surface area contributed by atoms with Gasteiger partial charge in [0.15, 0.2) is 5.69 Å². The Labute approximate surface area is 142 Å².